The minimum absolute atomic E-state index is 0.0664. The van der Waals surface area contributed by atoms with Gasteiger partial charge in [-0.2, -0.15) is 0 Å². The van der Waals surface area contributed by atoms with Crippen LogP contribution in [0.25, 0.3) is 5.65 Å². The standard InChI is InChI=1S/C22H27FN4O/c1-5-7-21(28)19-8-6-11-26(19)16(3)12-15(2)25-17(4)20-13-24-22-10-9-18(23)14-27(20)22/h9-10,12-14,19H,3,5-8,11H2,1-2,4H3/b15-12-,25-17?. The Morgan fingerprint density at radius 1 is 1.43 bits per heavy atom. The Balaban J connectivity index is 1.79. The maximum atomic E-state index is 13.6. The van der Waals surface area contributed by atoms with Gasteiger partial charge in [-0.25, -0.2) is 9.37 Å². The molecule has 1 atom stereocenters. The molecule has 2 aromatic rings. The summed E-state index contributed by atoms with van der Waals surface area (Å²) in [5.74, 6) is -0.0309. The number of hydrogen-bond donors (Lipinski definition) is 0. The number of rotatable bonds is 7. The van der Waals surface area contributed by atoms with Crippen LogP contribution < -0.4 is 0 Å². The van der Waals surface area contributed by atoms with Crippen LogP contribution >= 0.6 is 0 Å². The number of aromatic nitrogens is 2. The molecule has 0 spiro atoms. The van der Waals surface area contributed by atoms with Gasteiger partial charge in [-0.15, -0.1) is 0 Å². The van der Waals surface area contributed by atoms with Crippen molar-refractivity contribution >= 4 is 17.1 Å². The Hall–Kier alpha value is -2.76. The van der Waals surface area contributed by atoms with Crippen LogP contribution in [-0.4, -0.2) is 38.4 Å². The first-order chi connectivity index (χ1) is 13.4. The van der Waals surface area contributed by atoms with E-state index in [-0.39, 0.29) is 11.9 Å². The largest absolute Gasteiger partial charge is 0.362 e. The van der Waals surface area contributed by atoms with E-state index in [9.17, 15) is 9.18 Å². The van der Waals surface area contributed by atoms with E-state index in [1.165, 1.54) is 12.3 Å². The number of ketones is 1. The van der Waals surface area contributed by atoms with Gasteiger partial charge < -0.3 is 4.90 Å². The molecule has 0 aliphatic carbocycles. The summed E-state index contributed by atoms with van der Waals surface area (Å²) in [4.78, 5) is 23.4. The molecule has 1 fully saturated rings. The molecule has 28 heavy (non-hydrogen) atoms. The summed E-state index contributed by atoms with van der Waals surface area (Å²) >= 11 is 0. The van der Waals surface area contributed by atoms with E-state index in [1.54, 1.807) is 16.7 Å². The molecule has 0 bridgehead atoms. The van der Waals surface area contributed by atoms with E-state index in [0.717, 1.165) is 48.6 Å². The average Bonchev–Trinajstić information content (AvgIpc) is 3.28. The fraction of sp³-hybridized carbons (Fsp3) is 0.409. The van der Waals surface area contributed by atoms with Crippen molar-refractivity contribution < 1.29 is 9.18 Å². The first-order valence-corrected chi connectivity index (χ1v) is 9.75. The zero-order valence-electron chi connectivity index (χ0n) is 16.8. The minimum Gasteiger partial charge on any atom is -0.362 e. The molecular weight excluding hydrogens is 355 g/mol. The lowest BCUT2D eigenvalue weighted by molar-refractivity contribution is -0.122. The van der Waals surface area contributed by atoms with Crippen LogP contribution in [0.3, 0.4) is 0 Å². The smallest absolute Gasteiger partial charge is 0.155 e. The van der Waals surface area contributed by atoms with E-state index in [1.807, 2.05) is 26.8 Å². The second-order valence-electron chi connectivity index (χ2n) is 7.26. The third-order valence-corrected chi connectivity index (χ3v) is 5.05. The van der Waals surface area contributed by atoms with Gasteiger partial charge in [-0.3, -0.25) is 14.2 Å². The number of hydrogen-bond acceptors (Lipinski definition) is 4. The molecule has 0 aromatic carbocycles. The summed E-state index contributed by atoms with van der Waals surface area (Å²) in [7, 11) is 0. The van der Waals surface area contributed by atoms with Crippen LogP contribution in [0, 0.1) is 5.82 Å². The number of pyridine rings is 1. The van der Waals surface area contributed by atoms with E-state index in [2.05, 4.69) is 21.5 Å². The van der Waals surface area contributed by atoms with Crippen LogP contribution in [0.2, 0.25) is 0 Å². The summed E-state index contributed by atoms with van der Waals surface area (Å²) in [5, 5.41) is 0. The first kappa shape index (κ1) is 20.0. The SMILES string of the molecule is C=C(/C=C(/C)N=C(C)c1cnc2ccc(F)cn12)N1CCCC1C(=O)CCC. The highest BCUT2D eigenvalue weighted by molar-refractivity contribution is 5.98. The van der Waals surface area contributed by atoms with Gasteiger partial charge in [0.1, 0.15) is 11.5 Å². The van der Waals surface area contributed by atoms with Gasteiger partial charge in [0.05, 0.1) is 23.6 Å². The van der Waals surface area contributed by atoms with Gasteiger partial charge in [0.25, 0.3) is 0 Å². The van der Waals surface area contributed by atoms with Crippen LogP contribution in [0.1, 0.15) is 52.1 Å². The van der Waals surface area contributed by atoms with Crippen molar-refractivity contribution in [2.24, 2.45) is 4.99 Å². The summed E-state index contributed by atoms with van der Waals surface area (Å²) in [6.45, 7) is 10.8. The van der Waals surface area contributed by atoms with Crippen molar-refractivity contribution in [3.05, 3.63) is 60.1 Å². The van der Waals surface area contributed by atoms with Gasteiger partial charge in [-0.1, -0.05) is 13.5 Å². The third-order valence-electron chi connectivity index (χ3n) is 5.05. The normalized spacial score (nSPS) is 18.1. The number of Topliss-reactive ketones (excluding diaryl/α,β-unsaturated/α-hetero) is 1. The van der Waals surface area contributed by atoms with Crippen molar-refractivity contribution in [1.29, 1.82) is 0 Å². The molecule has 0 radical (unpaired) electrons. The first-order valence-electron chi connectivity index (χ1n) is 9.75. The lowest BCUT2D eigenvalue weighted by Crippen LogP contribution is -2.34. The van der Waals surface area contributed by atoms with Gasteiger partial charge in [-0.05, 0) is 51.3 Å². The van der Waals surface area contributed by atoms with Crippen LogP contribution in [0.5, 0.6) is 0 Å². The quantitative estimate of drug-likeness (QED) is 0.522. The molecule has 1 unspecified atom stereocenters. The molecule has 5 nitrogen and oxygen atoms in total. The van der Waals surface area contributed by atoms with Crippen LogP contribution in [0.15, 0.2) is 53.6 Å². The highest BCUT2D eigenvalue weighted by Gasteiger charge is 2.29. The molecule has 0 saturated carbocycles. The lowest BCUT2D eigenvalue weighted by Gasteiger charge is -2.26. The lowest BCUT2D eigenvalue weighted by atomic mass is 10.1. The topological polar surface area (TPSA) is 50.0 Å². The van der Waals surface area contributed by atoms with E-state index in [0.29, 0.717) is 17.9 Å². The number of imidazole rings is 1. The zero-order valence-corrected chi connectivity index (χ0v) is 16.8. The molecule has 1 saturated heterocycles. The average molecular weight is 382 g/mol. The van der Waals surface area contributed by atoms with E-state index in [4.69, 9.17) is 0 Å². The van der Waals surface area contributed by atoms with Gasteiger partial charge >= 0.3 is 0 Å². The van der Waals surface area contributed by atoms with Gasteiger partial charge in [0.15, 0.2) is 5.78 Å². The van der Waals surface area contributed by atoms with Gasteiger partial charge in [0.2, 0.25) is 0 Å². The van der Waals surface area contributed by atoms with Crippen molar-refractivity contribution in [2.75, 3.05) is 6.54 Å². The molecule has 148 valence electrons. The second kappa shape index (κ2) is 8.50. The molecule has 1 aliphatic rings. The molecule has 0 amide bonds. The summed E-state index contributed by atoms with van der Waals surface area (Å²) in [6, 6.07) is 2.96. The molecule has 3 heterocycles. The molecule has 6 heteroatoms. The minimum atomic E-state index is -0.322. The van der Waals surface area contributed by atoms with Crippen molar-refractivity contribution in [2.45, 2.75) is 52.5 Å². The molecule has 0 N–H and O–H groups in total. The van der Waals surface area contributed by atoms with Crippen LogP contribution in [-0.2, 0) is 4.79 Å². The van der Waals surface area contributed by atoms with Gasteiger partial charge in [0, 0.05) is 30.6 Å². The maximum Gasteiger partial charge on any atom is 0.155 e. The Bertz CT molecular complexity index is 957. The monoisotopic (exact) mass is 382 g/mol. The number of likely N-dealkylation sites (tertiary alicyclic amines) is 1. The Kier molecular flexibility index (Phi) is 6.07. The fourth-order valence-corrected chi connectivity index (χ4v) is 3.76. The number of fused-ring (bicyclic) bond motifs is 1. The molecular formula is C22H27FN4O. The molecule has 1 aliphatic heterocycles. The summed E-state index contributed by atoms with van der Waals surface area (Å²) < 4.78 is 15.3. The zero-order chi connectivity index (χ0) is 20.3. The highest BCUT2D eigenvalue weighted by atomic mass is 19.1. The summed E-state index contributed by atoms with van der Waals surface area (Å²) in [6.07, 6.45) is 8.37. The van der Waals surface area contributed by atoms with Crippen molar-refractivity contribution in [3.8, 4) is 0 Å². The Morgan fingerprint density at radius 2 is 2.21 bits per heavy atom. The van der Waals surface area contributed by atoms with E-state index >= 15 is 0 Å². The molecule has 2 aromatic heterocycles. The number of aliphatic imine (C=N–C) groups is 1. The second-order valence-corrected chi connectivity index (χ2v) is 7.26. The molecule has 3 rings (SSSR count). The van der Waals surface area contributed by atoms with Crippen LogP contribution in [0.4, 0.5) is 4.39 Å². The van der Waals surface area contributed by atoms with Crippen molar-refractivity contribution in [1.82, 2.24) is 14.3 Å². The highest BCUT2D eigenvalue weighted by Crippen LogP contribution is 2.25. The number of nitrogens with zero attached hydrogens (tertiary/aromatic N) is 4. The predicted molar refractivity (Wildman–Crippen MR) is 110 cm³/mol. The maximum absolute atomic E-state index is 13.6. The number of allylic oxidation sites excluding steroid dienone is 2. The fourth-order valence-electron chi connectivity index (χ4n) is 3.76. The summed E-state index contributed by atoms with van der Waals surface area (Å²) in [5.41, 5.74) is 3.74. The van der Waals surface area contributed by atoms with E-state index < -0.39 is 0 Å². The Morgan fingerprint density at radius 3 is 2.96 bits per heavy atom. The Labute approximate surface area is 165 Å². The predicted octanol–water partition coefficient (Wildman–Crippen LogP) is 4.53. The van der Waals surface area contributed by atoms with Crippen molar-refractivity contribution in [3.63, 3.8) is 0 Å². The third kappa shape index (κ3) is 4.21. The number of halogens is 1. The number of carbonyl (C=O) groups excluding carboxylic acids is 1. The number of carbonyl (C=O) groups is 1.